The van der Waals surface area contributed by atoms with Crippen LogP contribution >= 0.6 is 0 Å². The van der Waals surface area contributed by atoms with E-state index in [4.69, 9.17) is 5.10 Å². The maximum absolute atomic E-state index is 13.6. The van der Waals surface area contributed by atoms with E-state index in [1.54, 1.807) is 19.1 Å². The van der Waals surface area contributed by atoms with Crippen LogP contribution in [-0.4, -0.2) is 21.5 Å². The quantitative estimate of drug-likeness (QED) is 0.361. The van der Waals surface area contributed by atoms with Crippen LogP contribution in [0.2, 0.25) is 0 Å². The first-order chi connectivity index (χ1) is 14.9. The molecule has 1 heterocycles. The van der Waals surface area contributed by atoms with Crippen molar-refractivity contribution in [3.63, 3.8) is 0 Å². The van der Waals surface area contributed by atoms with Crippen LogP contribution < -0.4 is 0 Å². The van der Waals surface area contributed by atoms with E-state index in [1.807, 2.05) is 48.5 Å². The van der Waals surface area contributed by atoms with Gasteiger partial charge in [0.15, 0.2) is 5.78 Å². The summed E-state index contributed by atoms with van der Waals surface area (Å²) >= 11 is 0. The highest BCUT2D eigenvalue weighted by molar-refractivity contribution is 6.10. The molecule has 0 spiro atoms. The Morgan fingerprint density at radius 3 is 2.16 bits per heavy atom. The molecule has 0 saturated heterocycles. The Morgan fingerprint density at radius 1 is 0.935 bits per heavy atom. The lowest BCUT2D eigenvalue weighted by Crippen LogP contribution is -2.28. The van der Waals surface area contributed by atoms with E-state index in [0.717, 1.165) is 29.8 Å². The SMILES string of the molecule is CC(C)[C@H]1CC[C@@H](C)c2c1nn(C(=O)[C@H](C)C(=O)c1ccccc1)c2-c1ccccc1. The smallest absolute Gasteiger partial charge is 0.258 e. The third-order valence-electron chi connectivity index (χ3n) is 6.59. The first-order valence-electron chi connectivity index (χ1n) is 11.2. The molecule has 4 heteroatoms. The average molecular weight is 415 g/mol. The second-order valence-electron chi connectivity index (χ2n) is 9.04. The molecule has 0 saturated carbocycles. The fraction of sp³-hybridized carbons (Fsp3) is 0.370. The van der Waals surface area contributed by atoms with Crippen molar-refractivity contribution in [1.82, 2.24) is 9.78 Å². The van der Waals surface area contributed by atoms with Crippen LogP contribution in [0, 0.1) is 11.8 Å². The minimum atomic E-state index is -0.806. The fourth-order valence-corrected chi connectivity index (χ4v) is 4.75. The van der Waals surface area contributed by atoms with E-state index in [-0.39, 0.29) is 11.7 Å². The van der Waals surface area contributed by atoms with Crippen LogP contribution in [-0.2, 0) is 0 Å². The highest BCUT2D eigenvalue weighted by Gasteiger charge is 2.36. The zero-order valence-electron chi connectivity index (χ0n) is 18.7. The molecule has 31 heavy (non-hydrogen) atoms. The lowest BCUT2D eigenvalue weighted by Gasteiger charge is -2.28. The van der Waals surface area contributed by atoms with Gasteiger partial charge in [-0.05, 0) is 31.6 Å². The van der Waals surface area contributed by atoms with Gasteiger partial charge >= 0.3 is 0 Å². The molecule has 1 aliphatic carbocycles. The Morgan fingerprint density at radius 2 is 1.55 bits per heavy atom. The highest BCUT2D eigenvalue weighted by Crippen LogP contribution is 2.46. The first-order valence-corrected chi connectivity index (χ1v) is 11.2. The van der Waals surface area contributed by atoms with E-state index in [1.165, 1.54) is 10.2 Å². The van der Waals surface area contributed by atoms with Gasteiger partial charge in [-0.15, -0.1) is 0 Å². The topological polar surface area (TPSA) is 52.0 Å². The molecule has 0 fully saturated rings. The van der Waals surface area contributed by atoms with E-state index in [2.05, 4.69) is 20.8 Å². The molecule has 3 atom stereocenters. The number of ketones is 1. The predicted octanol–water partition coefficient (Wildman–Crippen LogP) is 6.35. The van der Waals surface area contributed by atoms with Crippen molar-refractivity contribution in [1.29, 1.82) is 0 Å². The molecule has 160 valence electrons. The molecular weight excluding hydrogens is 384 g/mol. The summed E-state index contributed by atoms with van der Waals surface area (Å²) in [5, 5.41) is 4.89. The number of hydrogen-bond donors (Lipinski definition) is 0. The van der Waals surface area contributed by atoms with Crippen LogP contribution in [0.5, 0.6) is 0 Å². The molecular formula is C27H30N2O2. The summed E-state index contributed by atoms with van der Waals surface area (Å²) in [5.74, 6) is -0.163. The van der Waals surface area contributed by atoms with E-state index in [0.29, 0.717) is 23.3 Å². The van der Waals surface area contributed by atoms with E-state index in [9.17, 15) is 9.59 Å². The van der Waals surface area contributed by atoms with Gasteiger partial charge in [0.25, 0.3) is 5.91 Å². The number of aromatic nitrogens is 2. The molecule has 0 radical (unpaired) electrons. The number of rotatable bonds is 5. The van der Waals surface area contributed by atoms with Crippen LogP contribution in [0.4, 0.5) is 0 Å². The molecule has 1 aliphatic rings. The molecule has 0 amide bonds. The monoisotopic (exact) mass is 414 g/mol. The number of hydrogen-bond acceptors (Lipinski definition) is 3. The first kappa shape index (κ1) is 21.2. The number of nitrogens with zero attached hydrogens (tertiary/aromatic N) is 2. The number of carbonyl (C=O) groups is 2. The van der Waals surface area contributed by atoms with Gasteiger partial charge < -0.3 is 0 Å². The minimum Gasteiger partial charge on any atom is -0.293 e. The van der Waals surface area contributed by atoms with Crippen LogP contribution in [0.25, 0.3) is 11.3 Å². The van der Waals surface area contributed by atoms with E-state index < -0.39 is 5.92 Å². The van der Waals surface area contributed by atoms with Crippen molar-refractivity contribution in [3.05, 3.63) is 77.5 Å². The minimum absolute atomic E-state index is 0.174. The van der Waals surface area contributed by atoms with Gasteiger partial charge in [0.05, 0.1) is 11.4 Å². The third-order valence-corrected chi connectivity index (χ3v) is 6.59. The van der Waals surface area contributed by atoms with Gasteiger partial charge in [-0.1, -0.05) is 81.4 Å². The van der Waals surface area contributed by atoms with Crippen molar-refractivity contribution in [3.8, 4) is 11.3 Å². The van der Waals surface area contributed by atoms with Crippen molar-refractivity contribution in [2.75, 3.05) is 0 Å². The molecule has 0 unspecified atom stereocenters. The lowest BCUT2D eigenvalue weighted by molar-refractivity contribution is 0.0755. The Balaban J connectivity index is 1.85. The lowest BCUT2D eigenvalue weighted by atomic mass is 9.75. The number of carbonyl (C=O) groups excluding carboxylic acids is 2. The standard InChI is InChI=1S/C27H30N2O2/c1-17(2)22-16-15-18(3)23-24(22)28-29(25(23)20-11-7-5-8-12-20)27(31)19(4)26(30)21-13-9-6-10-14-21/h5-14,17-19,22H,15-16H2,1-4H3/t18-,19-,22-/m1/s1. The Kier molecular flexibility index (Phi) is 5.90. The molecule has 4 rings (SSSR count). The van der Waals surface area contributed by atoms with Gasteiger partial charge in [-0.3, -0.25) is 9.59 Å². The fourth-order valence-electron chi connectivity index (χ4n) is 4.75. The van der Waals surface area contributed by atoms with Crippen molar-refractivity contribution >= 4 is 11.7 Å². The van der Waals surface area contributed by atoms with Crippen LogP contribution in [0.3, 0.4) is 0 Å². The van der Waals surface area contributed by atoms with Gasteiger partial charge in [0.1, 0.15) is 5.92 Å². The zero-order valence-corrected chi connectivity index (χ0v) is 18.7. The maximum atomic E-state index is 13.6. The van der Waals surface area contributed by atoms with Gasteiger partial charge in [0.2, 0.25) is 0 Å². The molecule has 1 aromatic heterocycles. The Bertz CT molecular complexity index is 1080. The van der Waals surface area contributed by atoms with Crippen molar-refractivity contribution in [2.45, 2.75) is 52.4 Å². The summed E-state index contributed by atoms with van der Waals surface area (Å²) in [6.45, 7) is 8.34. The zero-order chi connectivity index (χ0) is 22.1. The van der Waals surface area contributed by atoms with Crippen LogP contribution in [0.1, 0.15) is 78.8 Å². The van der Waals surface area contributed by atoms with Crippen molar-refractivity contribution in [2.24, 2.45) is 11.8 Å². The number of fused-ring (bicyclic) bond motifs is 1. The second-order valence-corrected chi connectivity index (χ2v) is 9.04. The molecule has 2 aromatic carbocycles. The van der Waals surface area contributed by atoms with E-state index >= 15 is 0 Å². The largest absolute Gasteiger partial charge is 0.293 e. The summed E-state index contributed by atoms with van der Waals surface area (Å²) in [6, 6.07) is 19.0. The predicted molar refractivity (Wildman–Crippen MR) is 123 cm³/mol. The third kappa shape index (κ3) is 3.87. The molecule has 3 aromatic rings. The highest BCUT2D eigenvalue weighted by atomic mass is 16.2. The summed E-state index contributed by atoms with van der Waals surface area (Å²) in [4.78, 5) is 26.7. The van der Waals surface area contributed by atoms with Crippen molar-refractivity contribution < 1.29 is 9.59 Å². The molecule has 0 aliphatic heterocycles. The normalized spacial score (nSPS) is 19.1. The molecule has 0 bridgehead atoms. The summed E-state index contributed by atoms with van der Waals surface area (Å²) in [5.41, 5.74) is 4.57. The number of benzene rings is 2. The van der Waals surface area contributed by atoms with Gasteiger partial charge in [0, 0.05) is 22.6 Å². The van der Waals surface area contributed by atoms with Gasteiger partial charge in [-0.25, -0.2) is 0 Å². The summed E-state index contributed by atoms with van der Waals surface area (Å²) in [6.07, 6.45) is 2.15. The second kappa shape index (κ2) is 8.62. The molecule has 4 nitrogen and oxygen atoms in total. The summed E-state index contributed by atoms with van der Waals surface area (Å²) < 4.78 is 1.53. The Hall–Kier alpha value is -3.01. The summed E-state index contributed by atoms with van der Waals surface area (Å²) in [7, 11) is 0. The molecule has 0 N–H and O–H groups in total. The van der Waals surface area contributed by atoms with Crippen LogP contribution in [0.15, 0.2) is 60.7 Å². The maximum Gasteiger partial charge on any atom is 0.258 e. The Labute approximate surface area is 184 Å². The number of Topliss-reactive ketones (excluding diaryl/α,β-unsaturated/α-hetero) is 1. The van der Waals surface area contributed by atoms with Gasteiger partial charge in [-0.2, -0.15) is 9.78 Å². The average Bonchev–Trinajstić information content (AvgIpc) is 3.20.